The molecule has 0 aliphatic heterocycles. The van der Waals surface area contributed by atoms with Crippen LogP contribution in [0.15, 0.2) is 17.7 Å². The summed E-state index contributed by atoms with van der Waals surface area (Å²) in [6.45, 7) is 1.75. The van der Waals surface area contributed by atoms with Gasteiger partial charge in [0.25, 0.3) is 5.91 Å². The fourth-order valence-electron chi connectivity index (χ4n) is 1.63. The van der Waals surface area contributed by atoms with Gasteiger partial charge in [-0.1, -0.05) is 0 Å². The van der Waals surface area contributed by atoms with Crippen molar-refractivity contribution in [3.63, 3.8) is 0 Å². The first-order valence-electron chi connectivity index (χ1n) is 6.78. The number of nitrogens with two attached hydrogens (primary N) is 1. The molecule has 0 saturated heterocycles. The summed E-state index contributed by atoms with van der Waals surface area (Å²) in [5.74, 6) is -0.873. The Kier molecular flexibility index (Phi) is 8.62. The summed E-state index contributed by atoms with van der Waals surface area (Å²) >= 11 is 4.01. The Labute approximate surface area is 171 Å². The van der Waals surface area contributed by atoms with E-state index in [2.05, 4.69) is 0 Å². The second kappa shape index (κ2) is 10.2. The van der Waals surface area contributed by atoms with E-state index >= 15 is 0 Å². The molecular formula is C15H13I2N3O5. The molecule has 0 spiro atoms. The van der Waals surface area contributed by atoms with Crippen LogP contribution >= 0.6 is 45.2 Å². The number of halogens is 2. The van der Waals surface area contributed by atoms with Crippen LogP contribution in [-0.2, 0) is 14.3 Å². The zero-order chi connectivity index (χ0) is 19.0. The second-order valence-electron chi connectivity index (χ2n) is 4.40. The van der Waals surface area contributed by atoms with E-state index in [0.29, 0.717) is 18.5 Å². The Bertz CT molecular complexity index is 748. The van der Waals surface area contributed by atoms with Crippen molar-refractivity contribution in [2.75, 3.05) is 13.2 Å². The highest BCUT2D eigenvalue weighted by Gasteiger charge is 2.14. The van der Waals surface area contributed by atoms with Crippen molar-refractivity contribution in [2.24, 2.45) is 5.73 Å². The van der Waals surface area contributed by atoms with Crippen molar-refractivity contribution in [1.29, 1.82) is 5.26 Å². The molecule has 0 aromatic heterocycles. The van der Waals surface area contributed by atoms with Gasteiger partial charge in [0.05, 0.1) is 13.7 Å². The van der Waals surface area contributed by atoms with Crippen molar-refractivity contribution < 1.29 is 23.9 Å². The Morgan fingerprint density at radius 3 is 2.40 bits per heavy atom. The number of imide groups is 1. The number of ether oxygens (including phenoxy) is 2. The Morgan fingerprint density at radius 1 is 1.32 bits per heavy atom. The third-order valence-electron chi connectivity index (χ3n) is 2.57. The molecular weight excluding hydrogens is 556 g/mol. The van der Waals surface area contributed by atoms with Crippen LogP contribution in [0.3, 0.4) is 0 Å². The third-order valence-corrected chi connectivity index (χ3v) is 4.18. The van der Waals surface area contributed by atoms with E-state index in [4.69, 9.17) is 20.5 Å². The predicted octanol–water partition coefficient (Wildman–Crippen LogP) is 1.94. The molecule has 3 amide bonds. The first-order valence-corrected chi connectivity index (χ1v) is 8.94. The lowest BCUT2D eigenvalue weighted by atomic mass is 10.1. The number of hydrogen-bond acceptors (Lipinski definition) is 6. The fraction of sp³-hybridized carbons (Fsp3) is 0.200. The molecule has 8 nitrogen and oxygen atoms in total. The van der Waals surface area contributed by atoms with Gasteiger partial charge in [-0.15, -0.1) is 0 Å². The van der Waals surface area contributed by atoms with Gasteiger partial charge < -0.3 is 15.2 Å². The maximum absolute atomic E-state index is 11.7. The molecule has 132 valence electrons. The normalized spacial score (nSPS) is 10.6. The zero-order valence-electron chi connectivity index (χ0n) is 13.0. The van der Waals surface area contributed by atoms with E-state index in [-0.39, 0.29) is 18.8 Å². The molecule has 1 aromatic rings. The van der Waals surface area contributed by atoms with E-state index in [1.54, 1.807) is 25.1 Å². The Hall–Kier alpha value is -1.88. The van der Waals surface area contributed by atoms with Crippen LogP contribution in [0.1, 0.15) is 12.5 Å². The van der Waals surface area contributed by atoms with Crippen molar-refractivity contribution in [3.05, 3.63) is 30.4 Å². The van der Waals surface area contributed by atoms with Gasteiger partial charge in [0.1, 0.15) is 17.4 Å². The lowest BCUT2D eigenvalue weighted by Crippen LogP contribution is -2.35. The van der Waals surface area contributed by atoms with E-state index in [1.165, 1.54) is 6.08 Å². The summed E-state index contributed by atoms with van der Waals surface area (Å²) < 4.78 is 11.6. The number of esters is 1. The van der Waals surface area contributed by atoms with Crippen molar-refractivity contribution in [3.8, 4) is 11.8 Å². The van der Waals surface area contributed by atoms with Crippen LogP contribution in [0.5, 0.6) is 5.75 Å². The molecule has 25 heavy (non-hydrogen) atoms. The van der Waals surface area contributed by atoms with Crippen LogP contribution in [-0.4, -0.2) is 31.1 Å². The van der Waals surface area contributed by atoms with Gasteiger partial charge in [0.15, 0.2) is 6.61 Å². The molecule has 0 heterocycles. The van der Waals surface area contributed by atoms with Crippen LogP contribution in [0.25, 0.3) is 6.08 Å². The molecule has 0 aliphatic rings. The molecule has 0 fully saturated rings. The quantitative estimate of drug-likeness (QED) is 0.233. The van der Waals surface area contributed by atoms with Crippen LogP contribution in [0.4, 0.5) is 4.79 Å². The number of nitrogens with zero attached hydrogens (tertiary/aromatic N) is 1. The van der Waals surface area contributed by atoms with Crippen LogP contribution in [0, 0.1) is 18.5 Å². The Morgan fingerprint density at radius 2 is 1.92 bits per heavy atom. The maximum atomic E-state index is 11.7. The molecule has 0 saturated carbocycles. The number of nitrogens with one attached hydrogen (secondary N) is 1. The molecule has 0 atom stereocenters. The van der Waals surface area contributed by atoms with Crippen molar-refractivity contribution in [2.45, 2.75) is 6.92 Å². The third kappa shape index (κ3) is 6.86. The number of primary amides is 1. The van der Waals surface area contributed by atoms with Gasteiger partial charge in [0, 0.05) is 0 Å². The van der Waals surface area contributed by atoms with E-state index < -0.39 is 17.9 Å². The number of hydrogen-bond donors (Lipinski definition) is 2. The summed E-state index contributed by atoms with van der Waals surface area (Å²) in [6.07, 6.45) is 1.32. The molecule has 1 aromatic carbocycles. The summed E-state index contributed by atoms with van der Waals surface area (Å²) in [5.41, 5.74) is 5.14. The van der Waals surface area contributed by atoms with Gasteiger partial charge >= 0.3 is 12.0 Å². The number of nitriles is 1. The highest BCUT2D eigenvalue weighted by Crippen LogP contribution is 2.29. The molecule has 3 N–H and O–H groups in total. The van der Waals surface area contributed by atoms with Gasteiger partial charge in [0.2, 0.25) is 0 Å². The second-order valence-corrected chi connectivity index (χ2v) is 6.72. The number of urea groups is 1. The first-order chi connectivity index (χ1) is 11.8. The lowest BCUT2D eigenvalue weighted by molar-refractivity contribution is -0.145. The van der Waals surface area contributed by atoms with Crippen LogP contribution in [0.2, 0.25) is 0 Å². The predicted molar refractivity (Wildman–Crippen MR) is 105 cm³/mol. The fourth-order valence-corrected chi connectivity index (χ4v) is 3.76. The average Bonchev–Trinajstić information content (AvgIpc) is 2.51. The van der Waals surface area contributed by atoms with Gasteiger partial charge in [-0.25, -0.2) is 9.59 Å². The minimum Gasteiger partial charge on any atom is -0.480 e. The summed E-state index contributed by atoms with van der Waals surface area (Å²) in [5, 5.41) is 10.9. The van der Waals surface area contributed by atoms with Gasteiger partial charge in [-0.3, -0.25) is 10.1 Å². The Balaban J connectivity index is 3.03. The van der Waals surface area contributed by atoms with Crippen molar-refractivity contribution in [1.82, 2.24) is 5.32 Å². The lowest BCUT2D eigenvalue weighted by Gasteiger charge is -2.11. The van der Waals surface area contributed by atoms with E-state index in [1.807, 2.05) is 50.5 Å². The number of amides is 3. The topological polar surface area (TPSA) is 132 Å². The van der Waals surface area contributed by atoms with Gasteiger partial charge in [-0.2, -0.15) is 5.26 Å². The molecule has 0 aliphatic carbocycles. The zero-order valence-corrected chi connectivity index (χ0v) is 17.3. The molecule has 0 bridgehead atoms. The average molecular weight is 569 g/mol. The minimum atomic E-state index is -1.04. The largest absolute Gasteiger partial charge is 0.480 e. The monoisotopic (exact) mass is 569 g/mol. The highest BCUT2D eigenvalue weighted by atomic mass is 127. The standard InChI is InChI=1S/C15H13I2N3O5/c1-2-24-12(21)7-25-13-10(16)4-8(5-11(13)17)3-9(6-18)14(22)20-15(19)23/h3-5H,2,7H2,1H3,(H3,19,20,22,23)/b9-3-. The highest BCUT2D eigenvalue weighted by molar-refractivity contribution is 14.1. The number of carbonyl (C=O) groups is 3. The maximum Gasteiger partial charge on any atom is 0.344 e. The molecule has 0 radical (unpaired) electrons. The smallest absolute Gasteiger partial charge is 0.344 e. The summed E-state index contributed by atoms with van der Waals surface area (Å²) in [6, 6.07) is 3.99. The first kappa shape index (κ1) is 21.2. The number of rotatable bonds is 6. The molecule has 1 rings (SSSR count). The number of benzene rings is 1. The van der Waals surface area contributed by atoms with E-state index in [0.717, 1.165) is 0 Å². The summed E-state index contributed by atoms with van der Waals surface area (Å²) in [7, 11) is 0. The number of carbonyl (C=O) groups excluding carboxylic acids is 3. The molecule has 10 heteroatoms. The summed E-state index contributed by atoms with van der Waals surface area (Å²) in [4.78, 5) is 33.8. The minimum absolute atomic E-state index is 0.223. The SMILES string of the molecule is CCOC(=O)COc1c(I)cc(/C=C(/C#N)C(=O)NC(N)=O)cc1I. The van der Waals surface area contributed by atoms with Crippen molar-refractivity contribution >= 4 is 69.2 Å². The molecule has 0 unspecified atom stereocenters. The van der Waals surface area contributed by atoms with Crippen LogP contribution < -0.4 is 15.8 Å². The van der Waals surface area contributed by atoms with Gasteiger partial charge in [-0.05, 0) is 75.9 Å². The van der Waals surface area contributed by atoms with E-state index in [9.17, 15) is 14.4 Å².